The number of rotatable bonds is 0. The maximum Gasteiger partial charge on any atom is 2.00 e. The molecule has 64 valence electrons. The van der Waals surface area contributed by atoms with Crippen LogP contribution in [0.15, 0.2) is 0 Å². The van der Waals surface area contributed by atoms with Crippen LogP contribution >= 0.6 is 12.4 Å². The van der Waals surface area contributed by atoms with Gasteiger partial charge in [0, 0.05) is 0 Å². The summed E-state index contributed by atoms with van der Waals surface area (Å²) in [6.45, 7) is 0. The van der Waals surface area contributed by atoms with Gasteiger partial charge in [0.05, 0.1) is 0 Å². The Hall–Kier alpha value is 1.21. The Labute approximate surface area is 133 Å². The Morgan fingerprint density at radius 2 is 1.00 bits per heavy atom. The molecule has 0 saturated heterocycles. The summed E-state index contributed by atoms with van der Waals surface area (Å²) in [5.41, 5.74) is 0. The van der Waals surface area contributed by atoms with Gasteiger partial charge in [-0.2, -0.15) is 0 Å². The van der Waals surface area contributed by atoms with Gasteiger partial charge in [-0.1, -0.05) is 0 Å². The summed E-state index contributed by atoms with van der Waals surface area (Å²) in [6.07, 6.45) is 0. The second-order valence-electron chi connectivity index (χ2n) is 0.476. The summed E-state index contributed by atoms with van der Waals surface area (Å²) in [5.74, 6) is 0. The van der Waals surface area contributed by atoms with E-state index in [0.717, 1.165) is 0 Å². The van der Waals surface area contributed by atoms with Crippen LogP contribution in [0.4, 0.5) is 0 Å². The summed E-state index contributed by atoms with van der Waals surface area (Å²) in [6, 6.07) is 0. The molecule has 0 aliphatic rings. The van der Waals surface area contributed by atoms with Crippen LogP contribution in [-0.4, -0.2) is 96.1 Å². The van der Waals surface area contributed by atoms with Crippen LogP contribution < -0.4 is 0 Å². The van der Waals surface area contributed by atoms with Gasteiger partial charge in [-0.25, -0.2) is 0 Å². The first kappa shape index (κ1) is 29.5. The third kappa shape index (κ3) is 650. The molecule has 0 aromatic carbocycles. The van der Waals surface area contributed by atoms with Crippen molar-refractivity contribution in [3.05, 3.63) is 20.2 Å². The molecule has 0 aromatic heterocycles. The zero-order chi connectivity index (χ0) is 7.15. The average molecular weight is 247 g/mol. The smallest absolute Gasteiger partial charge is 1.00 e. The predicted molar refractivity (Wildman–Crippen MR) is 40.8 cm³/mol. The molecule has 0 aliphatic heterocycles. The Kier molecular flexibility index (Phi) is 60.3. The minimum atomic E-state index is -1.50. The van der Waals surface area contributed by atoms with Crippen molar-refractivity contribution in [1.29, 1.82) is 0 Å². The van der Waals surface area contributed by atoms with Gasteiger partial charge in [0.2, 0.25) is 0 Å². The minimum Gasteiger partial charge on any atom is -1.00 e. The molecular formula is H7Ca2ClN2O6. The van der Waals surface area contributed by atoms with Crippen molar-refractivity contribution < 1.29 is 26.3 Å². The van der Waals surface area contributed by atoms with Crippen molar-refractivity contribution in [3.63, 3.8) is 0 Å². The van der Waals surface area contributed by atoms with E-state index in [-0.39, 0.29) is 93.6 Å². The standard InChI is InChI=1S/2Ca.ClH.2HNO3.4H/c;;;2*2-1(3)4;;;;/h;;1H;2*(H,2,3,4);;;;/q2*+2;;;;4*-1. The van der Waals surface area contributed by atoms with Crippen molar-refractivity contribution in [3.8, 4) is 0 Å². The van der Waals surface area contributed by atoms with Gasteiger partial charge >= 0.3 is 75.5 Å². The van der Waals surface area contributed by atoms with E-state index in [1.165, 1.54) is 0 Å². The fourth-order valence-corrected chi connectivity index (χ4v) is 0. The van der Waals surface area contributed by atoms with E-state index in [0.29, 0.717) is 0 Å². The zero-order valence-corrected chi connectivity index (χ0v) is 10.5. The van der Waals surface area contributed by atoms with Crippen LogP contribution in [-0.2, 0) is 0 Å². The molecule has 0 radical (unpaired) electrons. The van der Waals surface area contributed by atoms with Gasteiger partial charge < -0.3 is 16.1 Å². The average Bonchev–Trinajstić information content (AvgIpc) is 1.25. The molecule has 0 rings (SSSR count). The molecule has 0 amide bonds. The molecule has 0 spiro atoms. The molecule has 11 heteroatoms. The molecule has 0 fully saturated rings. The largest absolute Gasteiger partial charge is 2.00 e. The van der Waals surface area contributed by atoms with Gasteiger partial charge in [-0.15, -0.1) is 32.6 Å². The maximum atomic E-state index is 8.36. The molecular weight excluding hydrogens is 240 g/mol. The summed E-state index contributed by atoms with van der Waals surface area (Å²) in [5, 5.41) is 27.3. The first-order valence-corrected chi connectivity index (χ1v) is 1.13. The number of nitrogens with zero attached hydrogens (tertiary/aromatic N) is 2. The van der Waals surface area contributed by atoms with Gasteiger partial charge in [0.15, 0.2) is 0 Å². The monoisotopic (exact) mass is 246 g/mol. The predicted octanol–water partition coefficient (Wildman–Crippen LogP) is -0.585. The number of hydrogen-bond acceptors (Lipinski definition) is 4. The molecule has 2 N–H and O–H groups in total. The molecule has 0 unspecified atom stereocenters. The van der Waals surface area contributed by atoms with E-state index in [1.807, 2.05) is 0 Å². The third-order valence-electron chi connectivity index (χ3n) is 0. The minimum absolute atomic E-state index is 0. The summed E-state index contributed by atoms with van der Waals surface area (Å²) in [4.78, 5) is 16.7. The first-order chi connectivity index (χ1) is 3.46. The SMILES string of the molecule is Cl.O=[N+]([O-])O.O=[N+]([O-])O.[Ca+2].[Ca+2].[H-].[H-].[H-].[H-]. The van der Waals surface area contributed by atoms with E-state index in [2.05, 4.69) is 0 Å². The fourth-order valence-electron chi connectivity index (χ4n) is 0. The second kappa shape index (κ2) is 22.5. The molecule has 0 aromatic rings. The quantitative estimate of drug-likeness (QED) is 0.334. The Morgan fingerprint density at radius 1 is 1.00 bits per heavy atom. The van der Waals surface area contributed by atoms with Crippen LogP contribution in [0.1, 0.15) is 5.71 Å². The number of halogens is 1. The van der Waals surface area contributed by atoms with Crippen LogP contribution in [0.3, 0.4) is 0 Å². The molecule has 0 bridgehead atoms. The van der Waals surface area contributed by atoms with Gasteiger partial charge in [-0.05, 0) is 0 Å². The maximum absolute atomic E-state index is 8.36. The van der Waals surface area contributed by atoms with Crippen molar-refractivity contribution in [2.45, 2.75) is 0 Å². The van der Waals surface area contributed by atoms with Gasteiger partial charge in [0.1, 0.15) is 0 Å². The third-order valence-corrected chi connectivity index (χ3v) is 0. The van der Waals surface area contributed by atoms with Gasteiger partial charge in [-0.3, -0.25) is 0 Å². The summed E-state index contributed by atoms with van der Waals surface area (Å²) in [7, 11) is 0. The molecule has 8 nitrogen and oxygen atoms in total. The molecule has 0 saturated carbocycles. The van der Waals surface area contributed by atoms with Crippen molar-refractivity contribution in [2.24, 2.45) is 0 Å². The van der Waals surface area contributed by atoms with E-state index < -0.39 is 10.2 Å². The molecule has 0 aliphatic carbocycles. The van der Waals surface area contributed by atoms with Crippen LogP contribution in [0.5, 0.6) is 0 Å². The fraction of sp³-hybridized carbons (Fsp3) is 0. The zero-order valence-electron chi connectivity index (χ0n) is 9.24. The van der Waals surface area contributed by atoms with E-state index >= 15 is 0 Å². The Balaban J connectivity index is -0.00000000468. The van der Waals surface area contributed by atoms with Crippen LogP contribution in [0.25, 0.3) is 0 Å². The molecule has 0 heterocycles. The van der Waals surface area contributed by atoms with Crippen LogP contribution in [0, 0.1) is 20.2 Å². The van der Waals surface area contributed by atoms with E-state index in [9.17, 15) is 0 Å². The topological polar surface area (TPSA) is 127 Å². The van der Waals surface area contributed by atoms with Crippen molar-refractivity contribution in [2.75, 3.05) is 0 Å². The molecule has 0 atom stereocenters. The Bertz CT molecular complexity index is 89.1. The number of hydrogen-bond donors (Lipinski definition) is 2. The Morgan fingerprint density at radius 3 is 1.00 bits per heavy atom. The van der Waals surface area contributed by atoms with Crippen molar-refractivity contribution in [1.82, 2.24) is 0 Å². The van der Waals surface area contributed by atoms with Gasteiger partial charge in [0.25, 0.3) is 10.2 Å². The van der Waals surface area contributed by atoms with E-state index in [4.69, 9.17) is 30.6 Å². The first-order valence-electron chi connectivity index (χ1n) is 1.13. The van der Waals surface area contributed by atoms with Crippen LogP contribution in [0.2, 0.25) is 0 Å². The second-order valence-corrected chi connectivity index (χ2v) is 0.476. The normalized spacial score (nSPS) is 4.36. The summed E-state index contributed by atoms with van der Waals surface area (Å²) < 4.78 is 0. The molecule has 11 heavy (non-hydrogen) atoms. The van der Waals surface area contributed by atoms with Crippen molar-refractivity contribution >= 4 is 87.9 Å². The van der Waals surface area contributed by atoms with E-state index in [1.54, 1.807) is 0 Å². The summed E-state index contributed by atoms with van der Waals surface area (Å²) >= 11 is 0.